The van der Waals surface area contributed by atoms with Crippen LogP contribution in [0.15, 0.2) is 18.2 Å². The molecule has 2 rings (SSSR count). The minimum absolute atomic E-state index is 0.0482. The Morgan fingerprint density at radius 1 is 1.57 bits per heavy atom. The second kappa shape index (κ2) is 6.53. The van der Waals surface area contributed by atoms with Crippen molar-refractivity contribution in [2.24, 2.45) is 5.92 Å². The van der Waals surface area contributed by atoms with E-state index in [1.165, 1.54) is 25.3 Å². The summed E-state index contributed by atoms with van der Waals surface area (Å²) in [5.74, 6) is -0.0433. The minimum Gasteiger partial charge on any atom is -0.490 e. The molecular formula is C14H18N2O5. The van der Waals surface area contributed by atoms with Crippen LogP contribution in [0, 0.1) is 16.0 Å². The van der Waals surface area contributed by atoms with Crippen molar-refractivity contribution in [1.29, 1.82) is 0 Å². The number of aliphatic hydroxyl groups is 1. The van der Waals surface area contributed by atoms with E-state index in [0.717, 1.165) is 12.8 Å². The van der Waals surface area contributed by atoms with Crippen LogP contribution in [0.4, 0.5) is 5.69 Å². The van der Waals surface area contributed by atoms with Crippen LogP contribution in [-0.2, 0) is 0 Å². The van der Waals surface area contributed by atoms with Gasteiger partial charge in [-0.25, -0.2) is 0 Å². The maximum absolute atomic E-state index is 12.4. The number of methoxy groups -OCH3 is 1. The molecule has 114 valence electrons. The van der Waals surface area contributed by atoms with Gasteiger partial charge in [0.2, 0.25) is 0 Å². The average molecular weight is 294 g/mol. The number of likely N-dealkylation sites (tertiary alicyclic amines) is 1. The predicted octanol–water partition coefficient (Wildman–Crippen LogP) is 1.45. The molecule has 1 atom stereocenters. The second-order valence-corrected chi connectivity index (χ2v) is 5.09. The van der Waals surface area contributed by atoms with Crippen molar-refractivity contribution in [2.45, 2.75) is 12.8 Å². The van der Waals surface area contributed by atoms with Crippen LogP contribution in [0.1, 0.15) is 23.2 Å². The van der Waals surface area contributed by atoms with E-state index in [0.29, 0.717) is 13.1 Å². The fraction of sp³-hybridized carbons (Fsp3) is 0.500. The summed E-state index contributed by atoms with van der Waals surface area (Å²) in [6.45, 7) is 1.14. The fourth-order valence-corrected chi connectivity index (χ4v) is 2.55. The third-order valence-corrected chi connectivity index (χ3v) is 3.69. The molecule has 1 saturated heterocycles. The Balaban J connectivity index is 2.23. The van der Waals surface area contributed by atoms with E-state index < -0.39 is 4.92 Å². The number of piperidine rings is 1. The Kier molecular flexibility index (Phi) is 4.74. The van der Waals surface area contributed by atoms with Crippen molar-refractivity contribution in [1.82, 2.24) is 4.90 Å². The highest BCUT2D eigenvalue weighted by molar-refractivity contribution is 5.95. The molecule has 0 saturated carbocycles. The molecule has 1 aromatic carbocycles. The Bertz CT molecular complexity index is 546. The van der Waals surface area contributed by atoms with Crippen LogP contribution < -0.4 is 4.74 Å². The van der Waals surface area contributed by atoms with Crippen molar-refractivity contribution in [3.63, 3.8) is 0 Å². The number of aliphatic hydroxyl groups excluding tert-OH is 1. The highest BCUT2D eigenvalue weighted by atomic mass is 16.6. The van der Waals surface area contributed by atoms with Gasteiger partial charge in [0.05, 0.1) is 12.0 Å². The van der Waals surface area contributed by atoms with Crippen LogP contribution >= 0.6 is 0 Å². The molecule has 1 heterocycles. The van der Waals surface area contributed by atoms with E-state index >= 15 is 0 Å². The van der Waals surface area contributed by atoms with Crippen LogP contribution in [0.5, 0.6) is 5.75 Å². The number of ether oxygens (including phenoxy) is 1. The number of amides is 1. The zero-order valence-electron chi connectivity index (χ0n) is 11.8. The van der Waals surface area contributed by atoms with E-state index in [2.05, 4.69) is 0 Å². The lowest BCUT2D eigenvalue weighted by molar-refractivity contribution is -0.385. The number of rotatable bonds is 4. The van der Waals surface area contributed by atoms with Gasteiger partial charge in [0.15, 0.2) is 5.75 Å². The number of nitro groups is 1. The molecule has 0 aromatic heterocycles. The molecule has 0 aliphatic carbocycles. The van der Waals surface area contributed by atoms with Crippen molar-refractivity contribution < 1.29 is 19.6 Å². The van der Waals surface area contributed by atoms with Gasteiger partial charge in [0.1, 0.15) is 0 Å². The average Bonchev–Trinajstić information content (AvgIpc) is 2.53. The highest BCUT2D eigenvalue weighted by Gasteiger charge is 2.26. The molecular weight excluding hydrogens is 276 g/mol. The van der Waals surface area contributed by atoms with Crippen LogP contribution in [0.25, 0.3) is 0 Å². The molecule has 1 N–H and O–H groups in total. The zero-order valence-corrected chi connectivity index (χ0v) is 11.8. The summed E-state index contributed by atoms with van der Waals surface area (Å²) in [5.41, 5.74) is 0.0418. The van der Waals surface area contributed by atoms with E-state index in [1.54, 1.807) is 4.90 Å². The Labute approximate surface area is 122 Å². The molecule has 7 heteroatoms. The first kappa shape index (κ1) is 15.2. The SMILES string of the molecule is COc1ccc(C(=O)N2CCCC(CO)C2)cc1[N+](=O)[O-]. The number of nitro benzene ring substituents is 1. The quantitative estimate of drug-likeness (QED) is 0.670. The summed E-state index contributed by atoms with van der Waals surface area (Å²) in [4.78, 5) is 24.5. The van der Waals surface area contributed by atoms with Crippen LogP contribution in [-0.4, -0.2) is 47.6 Å². The fourth-order valence-electron chi connectivity index (χ4n) is 2.55. The van der Waals surface area contributed by atoms with Crippen molar-refractivity contribution >= 4 is 11.6 Å². The van der Waals surface area contributed by atoms with Gasteiger partial charge in [-0.15, -0.1) is 0 Å². The molecule has 0 radical (unpaired) electrons. The third-order valence-electron chi connectivity index (χ3n) is 3.69. The molecule has 1 fully saturated rings. The minimum atomic E-state index is -0.567. The number of carbonyl (C=O) groups excluding carboxylic acids is 1. The van der Waals surface area contributed by atoms with E-state index in [4.69, 9.17) is 4.74 Å². The molecule has 1 aromatic rings. The number of hydrogen-bond donors (Lipinski definition) is 1. The van der Waals surface area contributed by atoms with Crippen LogP contribution in [0.2, 0.25) is 0 Å². The summed E-state index contributed by atoms with van der Waals surface area (Å²) >= 11 is 0. The predicted molar refractivity (Wildman–Crippen MR) is 75.4 cm³/mol. The molecule has 1 unspecified atom stereocenters. The van der Waals surface area contributed by atoms with Crippen molar-refractivity contribution in [3.8, 4) is 5.75 Å². The molecule has 0 bridgehead atoms. The van der Waals surface area contributed by atoms with Gasteiger partial charge in [0, 0.05) is 31.3 Å². The van der Waals surface area contributed by atoms with E-state index in [9.17, 15) is 20.0 Å². The second-order valence-electron chi connectivity index (χ2n) is 5.09. The lowest BCUT2D eigenvalue weighted by Crippen LogP contribution is -2.40. The molecule has 21 heavy (non-hydrogen) atoms. The van der Waals surface area contributed by atoms with E-state index in [1.807, 2.05) is 0 Å². The summed E-state index contributed by atoms with van der Waals surface area (Å²) in [7, 11) is 1.35. The molecule has 1 aliphatic rings. The normalized spacial score (nSPS) is 18.4. The molecule has 1 amide bonds. The van der Waals surface area contributed by atoms with Gasteiger partial charge in [-0.3, -0.25) is 14.9 Å². The van der Waals surface area contributed by atoms with Gasteiger partial charge in [0.25, 0.3) is 5.91 Å². The first-order valence-corrected chi connectivity index (χ1v) is 6.79. The Hall–Kier alpha value is -2.15. The van der Waals surface area contributed by atoms with E-state index in [-0.39, 0.29) is 35.4 Å². The van der Waals surface area contributed by atoms with Gasteiger partial charge < -0.3 is 14.7 Å². The monoisotopic (exact) mass is 294 g/mol. The highest BCUT2D eigenvalue weighted by Crippen LogP contribution is 2.28. The summed E-state index contributed by atoms with van der Waals surface area (Å²) < 4.78 is 4.92. The molecule has 1 aliphatic heterocycles. The smallest absolute Gasteiger partial charge is 0.311 e. The topological polar surface area (TPSA) is 92.9 Å². The number of carbonyl (C=O) groups is 1. The standard InChI is InChI=1S/C14H18N2O5/c1-21-13-5-4-11(7-12(13)16(19)20)14(18)15-6-2-3-10(8-15)9-17/h4-5,7,10,17H,2-3,6,8-9H2,1H3. The first-order chi connectivity index (χ1) is 10.1. The lowest BCUT2D eigenvalue weighted by atomic mass is 9.98. The third kappa shape index (κ3) is 3.30. The lowest BCUT2D eigenvalue weighted by Gasteiger charge is -2.31. The number of benzene rings is 1. The summed E-state index contributed by atoms with van der Waals surface area (Å²) in [5, 5.41) is 20.2. The Morgan fingerprint density at radius 2 is 2.33 bits per heavy atom. The van der Waals surface area contributed by atoms with Gasteiger partial charge in [-0.2, -0.15) is 0 Å². The van der Waals surface area contributed by atoms with Crippen LogP contribution in [0.3, 0.4) is 0 Å². The first-order valence-electron chi connectivity index (χ1n) is 6.79. The van der Waals surface area contributed by atoms with Gasteiger partial charge >= 0.3 is 5.69 Å². The molecule has 7 nitrogen and oxygen atoms in total. The molecule has 0 spiro atoms. The van der Waals surface area contributed by atoms with Gasteiger partial charge in [-0.1, -0.05) is 0 Å². The Morgan fingerprint density at radius 3 is 2.95 bits per heavy atom. The number of hydrogen-bond acceptors (Lipinski definition) is 5. The summed E-state index contributed by atoms with van der Waals surface area (Å²) in [6, 6.07) is 4.19. The maximum atomic E-state index is 12.4. The summed E-state index contributed by atoms with van der Waals surface area (Å²) in [6.07, 6.45) is 1.72. The zero-order chi connectivity index (χ0) is 15.4. The van der Waals surface area contributed by atoms with Crippen molar-refractivity contribution in [3.05, 3.63) is 33.9 Å². The van der Waals surface area contributed by atoms with Crippen molar-refractivity contribution in [2.75, 3.05) is 26.8 Å². The number of nitrogens with zero attached hydrogens (tertiary/aromatic N) is 2. The largest absolute Gasteiger partial charge is 0.490 e. The maximum Gasteiger partial charge on any atom is 0.311 e. The van der Waals surface area contributed by atoms with Gasteiger partial charge in [-0.05, 0) is 30.9 Å².